The maximum atomic E-state index is 12.7. The predicted molar refractivity (Wildman–Crippen MR) is 89.0 cm³/mol. The molecule has 0 N–H and O–H groups in total. The summed E-state index contributed by atoms with van der Waals surface area (Å²) in [7, 11) is -3.10. The van der Waals surface area contributed by atoms with Crippen molar-refractivity contribution in [2.24, 2.45) is 0 Å². The Morgan fingerprint density at radius 3 is 2.45 bits per heavy atom. The first-order chi connectivity index (χ1) is 10.3. The zero-order chi connectivity index (χ0) is 16.3. The number of sulfone groups is 1. The lowest BCUT2D eigenvalue weighted by molar-refractivity contribution is 0.0719. The molecule has 2 rings (SSSR count). The van der Waals surface area contributed by atoms with E-state index in [-0.39, 0.29) is 17.7 Å². The number of nitrogens with zero attached hydrogens (tertiary/aromatic N) is 1. The minimum absolute atomic E-state index is 0.00246. The summed E-state index contributed by atoms with van der Waals surface area (Å²) in [5.41, 5.74) is 3.28. The highest BCUT2D eigenvalue weighted by Gasteiger charge is 2.23. The molecule has 0 saturated carbocycles. The monoisotopic (exact) mass is 323 g/mol. The van der Waals surface area contributed by atoms with E-state index < -0.39 is 9.84 Å². The van der Waals surface area contributed by atoms with Gasteiger partial charge in [-0.2, -0.15) is 0 Å². The van der Waals surface area contributed by atoms with E-state index in [0.29, 0.717) is 12.1 Å². The molecule has 0 aromatic heterocycles. The Labute approximate surface area is 133 Å². The van der Waals surface area contributed by atoms with Crippen molar-refractivity contribution in [1.82, 2.24) is 4.90 Å². The van der Waals surface area contributed by atoms with E-state index in [1.165, 1.54) is 30.2 Å². The topological polar surface area (TPSA) is 54.5 Å². The van der Waals surface area contributed by atoms with E-state index >= 15 is 0 Å². The summed E-state index contributed by atoms with van der Waals surface area (Å²) in [6.45, 7) is 4.18. The third kappa shape index (κ3) is 4.09. The van der Waals surface area contributed by atoms with Gasteiger partial charge in [0.25, 0.3) is 5.91 Å². The number of carbonyl (C=O) groups is 1. The van der Waals surface area contributed by atoms with E-state index in [9.17, 15) is 13.2 Å². The van der Waals surface area contributed by atoms with Crippen LogP contribution in [-0.4, -0.2) is 43.8 Å². The molecule has 0 radical (unpaired) electrons. The molecular formula is C17H25NO3S. The zero-order valence-corrected chi connectivity index (χ0v) is 14.4. The van der Waals surface area contributed by atoms with Crippen molar-refractivity contribution in [1.29, 1.82) is 0 Å². The maximum Gasteiger partial charge on any atom is 0.254 e. The number of hydrogen-bond donors (Lipinski definition) is 0. The van der Waals surface area contributed by atoms with Crippen LogP contribution in [0.1, 0.15) is 48.2 Å². The molecule has 1 atom stereocenters. The molecular weight excluding hydrogens is 298 g/mol. The highest BCUT2D eigenvalue weighted by atomic mass is 32.2. The van der Waals surface area contributed by atoms with Crippen LogP contribution in [0.25, 0.3) is 0 Å². The zero-order valence-electron chi connectivity index (χ0n) is 13.6. The molecule has 1 amide bonds. The van der Waals surface area contributed by atoms with Crippen LogP contribution in [-0.2, 0) is 22.7 Å². The van der Waals surface area contributed by atoms with Crippen molar-refractivity contribution in [2.75, 3.05) is 18.6 Å². The average Bonchev–Trinajstić information content (AvgIpc) is 2.45. The van der Waals surface area contributed by atoms with Crippen molar-refractivity contribution < 1.29 is 13.2 Å². The Kier molecular flexibility index (Phi) is 5.27. The Hall–Kier alpha value is -1.36. The van der Waals surface area contributed by atoms with Crippen molar-refractivity contribution in [3.63, 3.8) is 0 Å². The molecule has 4 nitrogen and oxygen atoms in total. The second kappa shape index (κ2) is 6.82. The number of carbonyl (C=O) groups excluding carboxylic acids is 1. The third-order valence-corrected chi connectivity index (χ3v) is 5.36. The SMILES string of the molecule is CCN(C(=O)c1ccc2c(c1)CCCC2)[C@@H](C)CS(C)(=O)=O. The summed E-state index contributed by atoms with van der Waals surface area (Å²) < 4.78 is 22.9. The number of hydrogen-bond acceptors (Lipinski definition) is 3. The van der Waals surface area contributed by atoms with Crippen LogP contribution in [0, 0.1) is 0 Å². The molecule has 0 aliphatic heterocycles. The van der Waals surface area contributed by atoms with Crippen LogP contribution >= 0.6 is 0 Å². The van der Waals surface area contributed by atoms with Crippen LogP contribution in [0.2, 0.25) is 0 Å². The van der Waals surface area contributed by atoms with Gasteiger partial charge in [0.1, 0.15) is 9.84 Å². The third-order valence-electron chi connectivity index (χ3n) is 4.27. The fourth-order valence-electron chi connectivity index (χ4n) is 3.22. The van der Waals surface area contributed by atoms with Gasteiger partial charge in [0, 0.05) is 24.4 Å². The molecule has 0 bridgehead atoms. The van der Waals surface area contributed by atoms with Gasteiger partial charge in [0.05, 0.1) is 5.75 Å². The number of benzene rings is 1. The van der Waals surface area contributed by atoms with Crippen molar-refractivity contribution >= 4 is 15.7 Å². The van der Waals surface area contributed by atoms with Crippen LogP contribution in [0.15, 0.2) is 18.2 Å². The summed E-state index contributed by atoms with van der Waals surface area (Å²) in [5.74, 6) is -0.0793. The minimum Gasteiger partial charge on any atom is -0.335 e. The van der Waals surface area contributed by atoms with E-state index in [4.69, 9.17) is 0 Å². The summed E-state index contributed by atoms with van der Waals surface area (Å²) in [6.07, 6.45) is 5.72. The minimum atomic E-state index is -3.10. The van der Waals surface area contributed by atoms with E-state index in [1.807, 2.05) is 19.1 Å². The predicted octanol–water partition coefficient (Wildman–Crippen LogP) is 2.46. The number of aryl methyl sites for hydroxylation is 2. The molecule has 0 saturated heterocycles. The average molecular weight is 323 g/mol. The van der Waals surface area contributed by atoms with E-state index in [1.54, 1.807) is 11.8 Å². The van der Waals surface area contributed by atoms with Crippen LogP contribution in [0.3, 0.4) is 0 Å². The summed E-state index contributed by atoms with van der Waals surface area (Å²) in [4.78, 5) is 14.4. The van der Waals surface area contributed by atoms with Gasteiger partial charge >= 0.3 is 0 Å². The lowest BCUT2D eigenvalue weighted by Crippen LogP contribution is -2.42. The molecule has 1 aliphatic rings. The van der Waals surface area contributed by atoms with Gasteiger partial charge in [0.15, 0.2) is 0 Å². The van der Waals surface area contributed by atoms with Crippen molar-refractivity contribution in [3.8, 4) is 0 Å². The number of fused-ring (bicyclic) bond motifs is 1. The van der Waals surface area contributed by atoms with Gasteiger partial charge in [-0.15, -0.1) is 0 Å². The van der Waals surface area contributed by atoms with Crippen molar-refractivity contribution in [3.05, 3.63) is 34.9 Å². The fraction of sp³-hybridized carbons (Fsp3) is 0.588. The quantitative estimate of drug-likeness (QED) is 0.836. The molecule has 0 spiro atoms. The molecule has 0 unspecified atom stereocenters. The first kappa shape index (κ1) is 17.0. The summed E-state index contributed by atoms with van der Waals surface area (Å²) in [6, 6.07) is 5.61. The molecule has 1 aromatic rings. The molecule has 122 valence electrons. The summed E-state index contributed by atoms with van der Waals surface area (Å²) >= 11 is 0. The number of amides is 1. The molecule has 22 heavy (non-hydrogen) atoms. The smallest absolute Gasteiger partial charge is 0.254 e. The Morgan fingerprint density at radius 2 is 1.86 bits per heavy atom. The highest BCUT2D eigenvalue weighted by molar-refractivity contribution is 7.90. The lowest BCUT2D eigenvalue weighted by Gasteiger charge is -2.28. The molecule has 1 aliphatic carbocycles. The van der Waals surface area contributed by atoms with Gasteiger partial charge in [0.2, 0.25) is 0 Å². The van der Waals surface area contributed by atoms with Gasteiger partial charge in [-0.25, -0.2) is 8.42 Å². The Morgan fingerprint density at radius 1 is 1.23 bits per heavy atom. The van der Waals surface area contributed by atoms with Crippen LogP contribution in [0.4, 0.5) is 0 Å². The van der Waals surface area contributed by atoms with Crippen molar-refractivity contribution in [2.45, 2.75) is 45.6 Å². The Balaban J connectivity index is 2.21. The normalized spacial score (nSPS) is 16.0. The lowest BCUT2D eigenvalue weighted by atomic mass is 9.90. The first-order valence-electron chi connectivity index (χ1n) is 7.92. The molecule has 0 fully saturated rings. The van der Waals surface area contributed by atoms with E-state index in [2.05, 4.69) is 6.07 Å². The molecule has 0 heterocycles. The standard InChI is InChI=1S/C17H25NO3S/c1-4-18(13(2)12-22(3,20)21)17(19)16-10-9-14-7-5-6-8-15(14)11-16/h9-11,13H,4-8,12H2,1-3H3/t13-/m0/s1. The van der Waals surface area contributed by atoms with Crippen LogP contribution < -0.4 is 0 Å². The van der Waals surface area contributed by atoms with Gasteiger partial charge in [-0.3, -0.25) is 4.79 Å². The van der Waals surface area contributed by atoms with Gasteiger partial charge < -0.3 is 4.90 Å². The molecule has 5 heteroatoms. The Bertz CT molecular complexity index is 652. The second-order valence-electron chi connectivity index (χ2n) is 6.22. The highest BCUT2D eigenvalue weighted by Crippen LogP contribution is 2.23. The van der Waals surface area contributed by atoms with Crippen LogP contribution in [0.5, 0.6) is 0 Å². The largest absolute Gasteiger partial charge is 0.335 e. The first-order valence-corrected chi connectivity index (χ1v) is 9.98. The van der Waals surface area contributed by atoms with Gasteiger partial charge in [-0.05, 0) is 62.8 Å². The van der Waals surface area contributed by atoms with E-state index in [0.717, 1.165) is 12.8 Å². The summed E-state index contributed by atoms with van der Waals surface area (Å²) in [5, 5.41) is 0. The fourth-order valence-corrected chi connectivity index (χ4v) is 4.27. The molecule has 1 aromatic carbocycles. The maximum absolute atomic E-state index is 12.7. The number of rotatable bonds is 5. The second-order valence-corrected chi connectivity index (χ2v) is 8.41. The van der Waals surface area contributed by atoms with Gasteiger partial charge in [-0.1, -0.05) is 6.07 Å².